The van der Waals surface area contributed by atoms with Crippen LogP contribution in [0, 0.1) is 0 Å². The number of benzene rings is 2. The Morgan fingerprint density at radius 2 is 1.88 bits per heavy atom. The monoisotopic (exact) mass is 440 g/mol. The molecule has 1 atom stereocenters. The van der Waals surface area contributed by atoms with Crippen LogP contribution < -0.4 is 14.4 Å². The average Bonchev–Trinajstić information content (AvgIpc) is 2.60. The maximum atomic E-state index is 12.8. The summed E-state index contributed by atoms with van der Waals surface area (Å²) >= 11 is 3.34. The number of nitrogens with one attached hydrogen (secondary N) is 1. The fourth-order valence-corrected chi connectivity index (χ4v) is 4.03. The molecule has 0 fully saturated rings. The molecule has 2 aromatic rings. The molecule has 0 heterocycles. The fraction of sp³-hybridized carbons (Fsp3) is 0.278. The molecular formula is C18H21BrN2O4S. The van der Waals surface area contributed by atoms with Crippen LogP contribution in [-0.4, -0.2) is 33.7 Å². The van der Waals surface area contributed by atoms with Gasteiger partial charge in [-0.15, -0.1) is 0 Å². The largest absolute Gasteiger partial charge is 0.497 e. The van der Waals surface area contributed by atoms with Gasteiger partial charge in [-0.3, -0.25) is 9.10 Å². The van der Waals surface area contributed by atoms with Crippen molar-refractivity contribution in [2.24, 2.45) is 0 Å². The normalized spacial score (nSPS) is 12.3. The van der Waals surface area contributed by atoms with Gasteiger partial charge < -0.3 is 10.1 Å². The van der Waals surface area contributed by atoms with Crippen LogP contribution in [0.3, 0.4) is 0 Å². The average molecular weight is 441 g/mol. The number of hydrogen-bond donors (Lipinski definition) is 1. The molecule has 140 valence electrons. The Kier molecular flexibility index (Phi) is 6.66. The smallest absolute Gasteiger partial charge is 0.248 e. The van der Waals surface area contributed by atoms with Gasteiger partial charge in [0.05, 0.1) is 19.1 Å². The van der Waals surface area contributed by atoms with Gasteiger partial charge in [0.2, 0.25) is 15.9 Å². The van der Waals surface area contributed by atoms with E-state index in [0.29, 0.717) is 23.5 Å². The Labute approximate surface area is 162 Å². The van der Waals surface area contributed by atoms with E-state index in [-0.39, 0.29) is 0 Å². The van der Waals surface area contributed by atoms with Crippen LogP contribution in [0.2, 0.25) is 0 Å². The van der Waals surface area contributed by atoms with E-state index in [1.54, 1.807) is 55.5 Å². The molecule has 0 aliphatic heterocycles. The van der Waals surface area contributed by atoms with Crippen molar-refractivity contribution in [2.75, 3.05) is 23.0 Å². The van der Waals surface area contributed by atoms with Gasteiger partial charge in [0, 0.05) is 16.2 Å². The minimum absolute atomic E-state index is 0.312. The number of carbonyl (C=O) groups excluding carboxylic acids is 1. The molecule has 0 radical (unpaired) electrons. The molecule has 0 saturated carbocycles. The number of halogens is 1. The zero-order valence-corrected chi connectivity index (χ0v) is 17.2. The zero-order chi connectivity index (χ0) is 19.3. The number of sulfonamides is 1. The van der Waals surface area contributed by atoms with Crippen LogP contribution in [0.5, 0.6) is 5.75 Å². The molecule has 1 N–H and O–H groups in total. The van der Waals surface area contributed by atoms with Crippen LogP contribution >= 0.6 is 15.9 Å². The van der Waals surface area contributed by atoms with Gasteiger partial charge in [-0.1, -0.05) is 28.9 Å². The number of ether oxygens (including phenoxy) is 1. The molecule has 8 heteroatoms. The van der Waals surface area contributed by atoms with Crippen LogP contribution in [0.15, 0.2) is 53.0 Å². The standard InChI is InChI=1S/C18H21BrN2O4S/c1-4-17(18(22)20-14-10-8-13(19)9-11-14)21(26(3,23)24)15-6-5-7-16(12-15)25-2/h5-12,17H,4H2,1-3H3,(H,20,22)/t17-/m1/s1. The fourth-order valence-electron chi connectivity index (χ4n) is 2.57. The van der Waals surface area contributed by atoms with E-state index in [9.17, 15) is 13.2 Å². The Bertz CT molecular complexity index is 869. The third-order valence-corrected chi connectivity index (χ3v) is 5.46. The second-order valence-electron chi connectivity index (χ2n) is 5.68. The van der Waals surface area contributed by atoms with E-state index in [1.807, 2.05) is 0 Å². The maximum Gasteiger partial charge on any atom is 0.248 e. The summed E-state index contributed by atoms with van der Waals surface area (Å²) in [5.41, 5.74) is 0.973. The molecule has 0 aliphatic carbocycles. The number of carbonyl (C=O) groups is 1. The van der Waals surface area contributed by atoms with Gasteiger partial charge in [-0.2, -0.15) is 0 Å². The van der Waals surface area contributed by atoms with Crippen molar-refractivity contribution in [2.45, 2.75) is 19.4 Å². The van der Waals surface area contributed by atoms with Crippen LogP contribution in [-0.2, 0) is 14.8 Å². The number of methoxy groups -OCH3 is 1. The molecule has 0 spiro atoms. The molecule has 0 aliphatic rings. The van der Waals surface area contributed by atoms with Crippen molar-refractivity contribution < 1.29 is 17.9 Å². The van der Waals surface area contributed by atoms with Gasteiger partial charge >= 0.3 is 0 Å². The van der Waals surface area contributed by atoms with Crippen LogP contribution in [0.4, 0.5) is 11.4 Å². The van der Waals surface area contributed by atoms with E-state index >= 15 is 0 Å². The molecule has 0 unspecified atom stereocenters. The molecule has 6 nitrogen and oxygen atoms in total. The second-order valence-corrected chi connectivity index (χ2v) is 8.46. The Hall–Kier alpha value is -2.06. The lowest BCUT2D eigenvalue weighted by Crippen LogP contribution is -2.47. The van der Waals surface area contributed by atoms with Crippen molar-refractivity contribution in [3.8, 4) is 5.75 Å². The third kappa shape index (κ3) is 4.98. The van der Waals surface area contributed by atoms with Crippen LogP contribution in [0.1, 0.15) is 13.3 Å². The molecule has 26 heavy (non-hydrogen) atoms. The number of nitrogens with zero attached hydrogens (tertiary/aromatic N) is 1. The minimum atomic E-state index is -3.69. The highest BCUT2D eigenvalue weighted by molar-refractivity contribution is 9.10. The molecule has 2 aromatic carbocycles. The van der Waals surface area contributed by atoms with Crippen molar-refractivity contribution in [1.29, 1.82) is 0 Å². The summed E-state index contributed by atoms with van der Waals surface area (Å²) in [6, 6.07) is 12.8. The van der Waals surface area contributed by atoms with E-state index in [1.165, 1.54) is 7.11 Å². The van der Waals surface area contributed by atoms with E-state index < -0.39 is 22.0 Å². The third-order valence-electron chi connectivity index (χ3n) is 3.75. The number of hydrogen-bond acceptors (Lipinski definition) is 4. The number of amides is 1. The predicted octanol–water partition coefficient (Wildman–Crippen LogP) is 3.64. The summed E-state index contributed by atoms with van der Waals surface area (Å²) in [4.78, 5) is 12.8. The molecule has 0 bridgehead atoms. The van der Waals surface area contributed by atoms with Crippen molar-refractivity contribution in [3.05, 3.63) is 53.0 Å². The summed E-state index contributed by atoms with van der Waals surface area (Å²) in [5, 5.41) is 2.77. The summed E-state index contributed by atoms with van der Waals surface area (Å²) < 4.78 is 32.1. The molecule has 0 saturated heterocycles. The summed E-state index contributed by atoms with van der Waals surface area (Å²) in [6.45, 7) is 1.77. The Morgan fingerprint density at radius 1 is 1.23 bits per heavy atom. The van der Waals surface area contributed by atoms with Gasteiger partial charge in [0.15, 0.2) is 0 Å². The Balaban J connectivity index is 2.37. The lowest BCUT2D eigenvalue weighted by atomic mass is 10.1. The zero-order valence-electron chi connectivity index (χ0n) is 14.8. The van der Waals surface area contributed by atoms with Gasteiger partial charge in [-0.05, 0) is 42.8 Å². The van der Waals surface area contributed by atoms with Gasteiger partial charge in [-0.25, -0.2) is 8.42 Å². The SMILES string of the molecule is CC[C@H](C(=O)Nc1ccc(Br)cc1)N(c1cccc(OC)c1)S(C)(=O)=O. The first-order valence-corrected chi connectivity index (χ1v) is 10.6. The van der Waals surface area contributed by atoms with Gasteiger partial charge in [0.25, 0.3) is 0 Å². The molecule has 0 aromatic heterocycles. The molecule has 2 rings (SSSR count). The topological polar surface area (TPSA) is 75.7 Å². The van der Waals surface area contributed by atoms with E-state index in [2.05, 4.69) is 21.2 Å². The summed E-state index contributed by atoms with van der Waals surface area (Å²) in [5.74, 6) is 0.113. The minimum Gasteiger partial charge on any atom is -0.497 e. The predicted molar refractivity (Wildman–Crippen MR) is 107 cm³/mol. The van der Waals surface area contributed by atoms with E-state index in [0.717, 1.165) is 15.0 Å². The highest BCUT2D eigenvalue weighted by atomic mass is 79.9. The first kappa shape index (κ1) is 20.3. The number of anilines is 2. The van der Waals surface area contributed by atoms with Gasteiger partial charge in [0.1, 0.15) is 11.8 Å². The quantitative estimate of drug-likeness (QED) is 0.712. The van der Waals surface area contributed by atoms with Crippen molar-refractivity contribution in [1.82, 2.24) is 0 Å². The van der Waals surface area contributed by atoms with Crippen molar-refractivity contribution in [3.63, 3.8) is 0 Å². The molecule has 1 amide bonds. The highest BCUT2D eigenvalue weighted by Crippen LogP contribution is 2.27. The lowest BCUT2D eigenvalue weighted by Gasteiger charge is -2.30. The summed E-state index contributed by atoms with van der Waals surface area (Å²) in [7, 11) is -2.19. The lowest BCUT2D eigenvalue weighted by molar-refractivity contribution is -0.117. The first-order valence-electron chi connectivity index (χ1n) is 7.96. The Morgan fingerprint density at radius 3 is 2.42 bits per heavy atom. The molecular weight excluding hydrogens is 420 g/mol. The highest BCUT2D eigenvalue weighted by Gasteiger charge is 2.31. The second kappa shape index (κ2) is 8.55. The summed E-state index contributed by atoms with van der Waals surface area (Å²) in [6.07, 6.45) is 1.40. The van der Waals surface area contributed by atoms with E-state index in [4.69, 9.17) is 4.74 Å². The van der Waals surface area contributed by atoms with Crippen molar-refractivity contribution >= 4 is 43.2 Å². The number of rotatable bonds is 7. The first-order chi connectivity index (χ1) is 12.3. The maximum absolute atomic E-state index is 12.8. The van der Waals surface area contributed by atoms with Crippen LogP contribution in [0.25, 0.3) is 0 Å².